The van der Waals surface area contributed by atoms with Crippen molar-refractivity contribution in [3.63, 3.8) is 0 Å². The van der Waals surface area contributed by atoms with Gasteiger partial charge in [-0.3, -0.25) is 0 Å². The molecular formula is C5H8FN3. The first kappa shape index (κ1) is 6.22. The van der Waals surface area contributed by atoms with Crippen molar-refractivity contribution in [2.24, 2.45) is 5.73 Å². The molecule has 0 aromatic carbocycles. The van der Waals surface area contributed by atoms with E-state index >= 15 is 0 Å². The molecule has 2 N–H and O–H groups in total. The maximum atomic E-state index is 12.3. The quantitative estimate of drug-likeness (QED) is 0.616. The number of halogens is 1. The van der Waals surface area contributed by atoms with Crippen LogP contribution < -0.4 is 5.73 Å². The van der Waals surface area contributed by atoms with Crippen molar-refractivity contribution >= 4 is 0 Å². The van der Waals surface area contributed by atoms with Gasteiger partial charge in [0.05, 0.1) is 11.9 Å². The Hall–Kier alpha value is -0.900. The van der Waals surface area contributed by atoms with Crippen LogP contribution in [0.2, 0.25) is 0 Å². The highest BCUT2D eigenvalue weighted by atomic mass is 19.2. The first-order valence-corrected chi connectivity index (χ1v) is 2.72. The van der Waals surface area contributed by atoms with Crippen LogP contribution in [0.4, 0.5) is 4.48 Å². The third-order valence-corrected chi connectivity index (χ3v) is 1.07. The van der Waals surface area contributed by atoms with Gasteiger partial charge in [-0.15, -0.1) is 0 Å². The molecule has 3 nitrogen and oxygen atoms in total. The molecule has 0 radical (unpaired) electrons. The van der Waals surface area contributed by atoms with Gasteiger partial charge >= 0.3 is 0 Å². The van der Waals surface area contributed by atoms with Gasteiger partial charge in [-0.2, -0.15) is 4.79 Å². The molecule has 0 aliphatic heterocycles. The molecule has 1 aromatic heterocycles. The van der Waals surface area contributed by atoms with Crippen molar-refractivity contribution in [1.82, 2.24) is 9.77 Å². The molecule has 1 rings (SSSR count). The summed E-state index contributed by atoms with van der Waals surface area (Å²) in [5.74, 6) is 0. The van der Waals surface area contributed by atoms with Gasteiger partial charge in [-0.1, -0.05) is 4.48 Å². The Labute approximate surface area is 52.2 Å². The van der Waals surface area contributed by atoms with Crippen LogP contribution in [0, 0.1) is 0 Å². The largest absolute Gasteiger partial charge is 0.330 e. The normalized spacial score (nSPS) is 10.0. The molecule has 0 aliphatic rings. The third kappa shape index (κ3) is 1.26. The summed E-state index contributed by atoms with van der Waals surface area (Å²) in [5.41, 5.74) is 5.71. The molecule has 0 fully saturated rings. The van der Waals surface area contributed by atoms with E-state index in [1.165, 1.54) is 6.20 Å². The predicted octanol–water partition coefficient (Wildman–Crippen LogP) is 0.117. The lowest BCUT2D eigenvalue weighted by molar-refractivity contribution is 0.353. The zero-order chi connectivity index (χ0) is 6.69. The van der Waals surface area contributed by atoms with Crippen LogP contribution in [0.5, 0.6) is 0 Å². The second kappa shape index (κ2) is 2.59. The lowest BCUT2D eigenvalue weighted by atomic mass is 10.3. The van der Waals surface area contributed by atoms with E-state index in [1.54, 1.807) is 0 Å². The monoisotopic (exact) mass is 129 g/mol. The lowest BCUT2D eigenvalue weighted by Crippen LogP contribution is -2.04. The fourth-order valence-corrected chi connectivity index (χ4v) is 0.626. The maximum Gasteiger partial charge on any atom is 0.126 e. The molecule has 1 aromatic rings. The summed E-state index contributed by atoms with van der Waals surface area (Å²) in [6, 6.07) is 0. The van der Waals surface area contributed by atoms with Gasteiger partial charge in [-0.25, -0.2) is 4.98 Å². The summed E-state index contributed by atoms with van der Waals surface area (Å²) >= 11 is 0. The molecule has 0 aliphatic carbocycles. The second-order valence-electron chi connectivity index (χ2n) is 1.73. The number of hydrogen-bond acceptors (Lipinski definition) is 2. The SMILES string of the molecule is NCCc1cncn1F. The molecule has 50 valence electrons. The van der Waals surface area contributed by atoms with Gasteiger partial charge in [-0.05, 0) is 6.54 Å². The van der Waals surface area contributed by atoms with E-state index in [4.69, 9.17) is 5.73 Å². The van der Waals surface area contributed by atoms with Gasteiger partial charge in [0, 0.05) is 6.42 Å². The number of nitrogens with zero attached hydrogens (tertiary/aromatic N) is 2. The van der Waals surface area contributed by atoms with Crippen LogP contribution in [-0.2, 0) is 6.42 Å². The van der Waals surface area contributed by atoms with Crippen molar-refractivity contribution in [2.75, 3.05) is 6.54 Å². The van der Waals surface area contributed by atoms with Crippen LogP contribution >= 0.6 is 0 Å². The first-order valence-electron chi connectivity index (χ1n) is 2.72. The summed E-state index contributed by atoms with van der Waals surface area (Å²) in [7, 11) is 0. The van der Waals surface area contributed by atoms with Gasteiger partial charge < -0.3 is 5.73 Å². The average molecular weight is 129 g/mol. The van der Waals surface area contributed by atoms with Crippen LogP contribution in [0.25, 0.3) is 0 Å². The highest BCUT2D eigenvalue weighted by Crippen LogP contribution is 1.97. The fourth-order valence-electron chi connectivity index (χ4n) is 0.626. The highest BCUT2D eigenvalue weighted by molar-refractivity contribution is 4.96. The molecule has 0 atom stereocenters. The first-order chi connectivity index (χ1) is 4.34. The zero-order valence-corrected chi connectivity index (χ0v) is 4.92. The molecule has 0 saturated heterocycles. The summed E-state index contributed by atoms with van der Waals surface area (Å²) < 4.78 is 12.3. The topological polar surface area (TPSA) is 43.8 Å². The van der Waals surface area contributed by atoms with Crippen molar-refractivity contribution < 1.29 is 4.48 Å². The third-order valence-electron chi connectivity index (χ3n) is 1.07. The van der Waals surface area contributed by atoms with Crippen LogP contribution in [0.15, 0.2) is 12.5 Å². The van der Waals surface area contributed by atoms with Crippen molar-refractivity contribution in [1.29, 1.82) is 0 Å². The van der Waals surface area contributed by atoms with E-state index in [1.807, 2.05) is 0 Å². The van der Waals surface area contributed by atoms with Crippen molar-refractivity contribution in [3.05, 3.63) is 18.2 Å². The summed E-state index contributed by atoms with van der Waals surface area (Å²) in [4.78, 5) is 4.05. The van der Waals surface area contributed by atoms with E-state index in [0.717, 1.165) is 6.33 Å². The summed E-state index contributed by atoms with van der Waals surface area (Å²) in [5, 5.41) is 0. The number of hydrogen-bond donors (Lipinski definition) is 1. The molecule has 1 heterocycles. The summed E-state index contributed by atoms with van der Waals surface area (Å²) in [6.07, 6.45) is 3.12. The Morgan fingerprint density at radius 1 is 1.78 bits per heavy atom. The van der Waals surface area contributed by atoms with E-state index in [-0.39, 0.29) is 0 Å². The minimum atomic E-state index is 0.454. The van der Waals surface area contributed by atoms with Crippen LogP contribution in [-0.4, -0.2) is 16.3 Å². The summed E-state index contributed by atoms with van der Waals surface area (Å²) in [6.45, 7) is 0.454. The van der Waals surface area contributed by atoms with E-state index in [9.17, 15) is 4.48 Å². The van der Waals surface area contributed by atoms with Crippen molar-refractivity contribution in [3.8, 4) is 0 Å². The highest BCUT2D eigenvalue weighted by Gasteiger charge is 1.96. The zero-order valence-electron chi connectivity index (χ0n) is 4.92. The maximum absolute atomic E-state index is 12.3. The fraction of sp³-hybridized carbons (Fsp3) is 0.400. The number of rotatable bonds is 2. The number of aromatic nitrogens is 2. The molecule has 0 saturated carbocycles. The van der Waals surface area contributed by atoms with Gasteiger partial charge in [0.25, 0.3) is 0 Å². The lowest BCUT2D eigenvalue weighted by Gasteiger charge is -1.91. The number of nitrogens with two attached hydrogens (primary N) is 1. The molecule has 0 unspecified atom stereocenters. The van der Waals surface area contributed by atoms with E-state index in [2.05, 4.69) is 4.98 Å². The Morgan fingerprint density at radius 2 is 2.56 bits per heavy atom. The standard InChI is InChI=1S/C5H8FN3/c6-9-4-8-3-5(9)1-2-7/h3-4H,1-2,7H2. The minimum absolute atomic E-state index is 0.454. The predicted molar refractivity (Wildman–Crippen MR) is 31.5 cm³/mol. The molecule has 0 spiro atoms. The Kier molecular flexibility index (Phi) is 1.79. The van der Waals surface area contributed by atoms with Crippen LogP contribution in [0.3, 0.4) is 0 Å². The van der Waals surface area contributed by atoms with Gasteiger partial charge in [0.2, 0.25) is 0 Å². The number of imidazole rings is 1. The molecule has 0 amide bonds. The Morgan fingerprint density at radius 3 is 3.00 bits per heavy atom. The van der Waals surface area contributed by atoms with Crippen molar-refractivity contribution in [2.45, 2.75) is 6.42 Å². The minimum Gasteiger partial charge on any atom is -0.330 e. The van der Waals surface area contributed by atoms with E-state index < -0.39 is 0 Å². The van der Waals surface area contributed by atoms with Crippen LogP contribution in [0.1, 0.15) is 5.69 Å². The smallest absolute Gasteiger partial charge is 0.126 e. The average Bonchev–Trinajstić information content (AvgIpc) is 2.18. The Balaban J connectivity index is 2.69. The van der Waals surface area contributed by atoms with Gasteiger partial charge in [0.15, 0.2) is 0 Å². The molecule has 9 heavy (non-hydrogen) atoms. The molecule has 0 bridgehead atoms. The van der Waals surface area contributed by atoms with E-state index in [0.29, 0.717) is 23.4 Å². The van der Waals surface area contributed by atoms with Gasteiger partial charge in [0.1, 0.15) is 6.33 Å². The Bertz CT molecular complexity index is 184. The second-order valence-corrected chi connectivity index (χ2v) is 1.73. The molecular weight excluding hydrogens is 121 g/mol. The molecule has 4 heteroatoms.